The summed E-state index contributed by atoms with van der Waals surface area (Å²) < 4.78 is 7.01. The fourth-order valence-electron chi connectivity index (χ4n) is 4.20. The van der Waals surface area contributed by atoms with Gasteiger partial charge in [0.1, 0.15) is 11.8 Å². The Morgan fingerprint density at radius 1 is 0.919 bits per heavy atom. The van der Waals surface area contributed by atoms with E-state index in [0.29, 0.717) is 12.2 Å². The third kappa shape index (κ3) is 8.46. The summed E-state index contributed by atoms with van der Waals surface area (Å²) in [4.78, 5) is 28.9. The number of para-hydroxylation sites is 1. The van der Waals surface area contributed by atoms with Crippen LogP contribution in [0, 0.1) is 0 Å². The minimum absolute atomic E-state index is 0.0523. The minimum atomic E-state index is -0.697. The second kappa shape index (κ2) is 12.9. The van der Waals surface area contributed by atoms with Gasteiger partial charge in [-0.15, -0.1) is 0 Å². The molecule has 1 N–H and O–H groups in total. The van der Waals surface area contributed by atoms with Crippen molar-refractivity contribution in [3.05, 3.63) is 100 Å². The van der Waals surface area contributed by atoms with Crippen molar-refractivity contribution < 1.29 is 14.3 Å². The van der Waals surface area contributed by atoms with Gasteiger partial charge in [0.15, 0.2) is 6.61 Å². The maximum Gasteiger partial charge on any atom is 0.261 e. The summed E-state index contributed by atoms with van der Waals surface area (Å²) in [5.41, 5.74) is 2.80. The van der Waals surface area contributed by atoms with Gasteiger partial charge in [-0.2, -0.15) is 0 Å². The number of carbonyl (C=O) groups is 2. The molecule has 0 heterocycles. The SMILES string of the molecule is CC(C)NC(=O)[C@H](Cc1ccccc1)N(Cc1cccc(Br)c1)C(=O)COc1ccccc1C(C)(C)C. The highest BCUT2D eigenvalue weighted by atomic mass is 79.9. The van der Waals surface area contributed by atoms with Crippen LogP contribution in [0.15, 0.2) is 83.3 Å². The summed E-state index contributed by atoms with van der Waals surface area (Å²) in [5, 5.41) is 3.02. The highest BCUT2D eigenvalue weighted by molar-refractivity contribution is 9.10. The van der Waals surface area contributed by atoms with Gasteiger partial charge in [0, 0.05) is 23.5 Å². The molecule has 0 fully saturated rings. The van der Waals surface area contributed by atoms with Crippen LogP contribution >= 0.6 is 15.9 Å². The maximum atomic E-state index is 13.8. The van der Waals surface area contributed by atoms with Crippen molar-refractivity contribution in [3.8, 4) is 5.75 Å². The third-order valence-corrected chi connectivity index (χ3v) is 6.48. The molecular weight excluding hydrogens is 528 g/mol. The first kappa shape index (κ1) is 28.5. The van der Waals surface area contributed by atoms with Crippen LogP contribution in [0.3, 0.4) is 0 Å². The van der Waals surface area contributed by atoms with Gasteiger partial charge in [-0.05, 0) is 54.2 Å². The quantitative estimate of drug-likeness (QED) is 0.315. The van der Waals surface area contributed by atoms with E-state index in [0.717, 1.165) is 21.2 Å². The van der Waals surface area contributed by atoms with E-state index >= 15 is 0 Å². The molecule has 0 aliphatic rings. The van der Waals surface area contributed by atoms with Crippen molar-refractivity contribution in [1.29, 1.82) is 0 Å². The molecule has 1 atom stereocenters. The predicted molar refractivity (Wildman–Crippen MR) is 153 cm³/mol. The van der Waals surface area contributed by atoms with E-state index in [1.54, 1.807) is 4.90 Å². The largest absolute Gasteiger partial charge is 0.483 e. The monoisotopic (exact) mass is 564 g/mol. The lowest BCUT2D eigenvalue weighted by Crippen LogP contribution is -2.52. The number of hydrogen-bond donors (Lipinski definition) is 1. The Hall–Kier alpha value is -3.12. The van der Waals surface area contributed by atoms with E-state index in [1.165, 1.54) is 0 Å². The van der Waals surface area contributed by atoms with E-state index in [-0.39, 0.29) is 36.4 Å². The van der Waals surface area contributed by atoms with Crippen LogP contribution in [-0.4, -0.2) is 35.4 Å². The standard InChI is InChI=1S/C31H37BrN2O3/c1-22(2)33-30(36)27(19-23-12-7-6-8-13-23)34(20-24-14-11-15-25(32)18-24)29(35)21-37-28-17-10-9-16-26(28)31(3,4)5/h6-18,22,27H,19-21H2,1-5H3,(H,33,36)/t27-/m0/s1. The average Bonchev–Trinajstić information content (AvgIpc) is 2.84. The van der Waals surface area contributed by atoms with E-state index in [4.69, 9.17) is 4.74 Å². The summed E-state index contributed by atoms with van der Waals surface area (Å²) in [5.74, 6) is 0.248. The summed E-state index contributed by atoms with van der Waals surface area (Å²) in [6, 6.07) is 24.6. The molecule has 3 rings (SSSR count). The van der Waals surface area contributed by atoms with Gasteiger partial charge in [-0.1, -0.05) is 97.4 Å². The molecular formula is C31H37BrN2O3. The Balaban J connectivity index is 1.94. The molecule has 0 unspecified atom stereocenters. The molecule has 5 nitrogen and oxygen atoms in total. The Labute approximate surface area is 229 Å². The van der Waals surface area contributed by atoms with E-state index < -0.39 is 6.04 Å². The fraction of sp³-hybridized carbons (Fsp3) is 0.355. The van der Waals surface area contributed by atoms with E-state index in [2.05, 4.69) is 42.0 Å². The van der Waals surface area contributed by atoms with Crippen LogP contribution in [0.4, 0.5) is 0 Å². The van der Waals surface area contributed by atoms with Crippen molar-refractivity contribution in [2.45, 2.75) is 65.1 Å². The Morgan fingerprint density at radius 3 is 2.22 bits per heavy atom. The van der Waals surface area contributed by atoms with Crippen molar-refractivity contribution in [2.75, 3.05) is 6.61 Å². The molecule has 3 aromatic carbocycles. The maximum absolute atomic E-state index is 13.8. The van der Waals surface area contributed by atoms with Crippen LogP contribution < -0.4 is 10.1 Å². The number of nitrogens with zero attached hydrogens (tertiary/aromatic N) is 1. The molecule has 0 aromatic heterocycles. The van der Waals surface area contributed by atoms with E-state index in [9.17, 15) is 9.59 Å². The molecule has 2 amide bonds. The van der Waals surface area contributed by atoms with Crippen LogP contribution in [0.25, 0.3) is 0 Å². The number of rotatable bonds is 10. The van der Waals surface area contributed by atoms with Gasteiger partial charge in [-0.3, -0.25) is 9.59 Å². The average molecular weight is 566 g/mol. The summed E-state index contributed by atoms with van der Waals surface area (Å²) in [7, 11) is 0. The zero-order valence-corrected chi connectivity index (χ0v) is 23.9. The zero-order valence-electron chi connectivity index (χ0n) is 22.3. The summed E-state index contributed by atoms with van der Waals surface area (Å²) >= 11 is 3.52. The molecule has 196 valence electrons. The zero-order chi connectivity index (χ0) is 27.0. The normalized spacial score (nSPS) is 12.2. The van der Waals surface area contributed by atoms with Crippen LogP contribution in [0.5, 0.6) is 5.75 Å². The molecule has 0 spiro atoms. The van der Waals surface area contributed by atoms with Gasteiger partial charge in [0.2, 0.25) is 5.91 Å². The molecule has 37 heavy (non-hydrogen) atoms. The Morgan fingerprint density at radius 2 is 1.57 bits per heavy atom. The van der Waals surface area contributed by atoms with Crippen molar-refractivity contribution in [3.63, 3.8) is 0 Å². The van der Waals surface area contributed by atoms with Gasteiger partial charge < -0.3 is 15.0 Å². The van der Waals surface area contributed by atoms with Gasteiger partial charge in [0.05, 0.1) is 0 Å². The first-order valence-electron chi connectivity index (χ1n) is 12.6. The minimum Gasteiger partial charge on any atom is -0.483 e. The molecule has 0 saturated heterocycles. The van der Waals surface area contributed by atoms with Crippen molar-refractivity contribution >= 4 is 27.7 Å². The van der Waals surface area contributed by atoms with E-state index in [1.807, 2.05) is 92.7 Å². The first-order valence-corrected chi connectivity index (χ1v) is 13.4. The smallest absolute Gasteiger partial charge is 0.261 e. The molecule has 0 bridgehead atoms. The molecule has 6 heteroatoms. The van der Waals surface area contributed by atoms with Crippen LogP contribution in [-0.2, 0) is 28.0 Å². The number of halogens is 1. The predicted octanol–water partition coefficient (Wildman–Crippen LogP) is 6.29. The second-order valence-electron chi connectivity index (χ2n) is 10.6. The molecule has 0 aliphatic heterocycles. The first-order chi connectivity index (χ1) is 17.5. The van der Waals surface area contributed by atoms with Gasteiger partial charge in [-0.25, -0.2) is 0 Å². The molecule has 0 saturated carbocycles. The third-order valence-electron chi connectivity index (χ3n) is 5.99. The van der Waals surface area contributed by atoms with Crippen molar-refractivity contribution in [1.82, 2.24) is 10.2 Å². The number of nitrogens with one attached hydrogen (secondary N) is 1. The topological polar surface area (TPSA) is 58.6 Å². The lowest BCUT2D eigenvalue weighted by Gasteiger charge is -2.32. The number of carbonyl (C=O) groups excluding carboxylic acids is 2. The van der Waals surface area contributed by atoms with Gasteiger partial charge >= 0.3 is 0 Å². The Kier molecular flexibility index (Phi) is 9.93. The summed E-state index contributed by atoms with van der Waals surface area (Å²) in [6.45, 7) is 10.3. The summed E-state index contributed by atoms with van der Waals surface area (Å²) in [6.07, 6.45) is 0.401. The van der Waals surface area contributed by atoms with Crippen molar-refractivity contribution in [2.24, 2.45) is 0 Å². The van der Waals surface area contributed by atoms with Crippen LogP contribution in [0.1, 0.15) is 51.3 Å². The molecule has 0 radical (unpaired) electrons. The molecule has 0 aliphatic carbocycles. The number of hydrogen-bond acceptors (Lipinski definition) is 3. The van der Waals surface area contributed by atoms with Crippen LogP contribution in [0.2, 0.25) is 0 Å². The second-order valence-corrected chi connectivity index (χ2v) is 11.5. The molecule has 3 aromatic rings. The number of amides is 2. The highest BCUT2D eigenvalue weighted by Crippen LogP contribution is 2.31. The fourth-order valence-corrected chi connectivity index (χ4v) is 4.65. The highest BCUT2D eigenvalue weighted by Gasteiger charge is 2.31. The lowest BCUT2D eigenvalue weighted by atomic mass is 9.86. The lowest BCUT2D eigenvalue weighted by molar-refractivity contribution is -0.143. The van der Waals surface area contributed by atoms with Gasteiger partial charge in [0.25, 0.3) is 5.91 Å². The number of benzene rings is 3. The Bertz CT molecular complexity index is 1190. The number of ether oxygens (including phenoxy) is 1.